The predicted octanol–water partition coefficient (Wildman–Crippen LogP) is 0.590. The first-order valence-corrected chi connectivity index (χ1v) is 4.41. The van der Waals surface area contributed by atoms with Crippen molar-refractivity contribution in [3.8, 4) is 5.88 Å². The average molecular weight is 212 g/mol. The zero-order valence-electron chi connectivity index (χ0n) is 8.34. The first-order valence-electron chi connectivity index (χ1n) is 4.41. The van der Waals surface area contributed by atoms with Crippen LogP contribution in [0, 0.1) is 0 Å². The highest BCUT2D eigenvalue weighted by Crippen LogP contribution is 2.10. The lowest BCUT2D eigenvalue weighted by molar-refractivity contribution is 0.0683. The molecule has 6 nitrogen and oxygen atoms in total. The highest BCUT2D eigenvalue weighted by atomic mass is 16.5. The van der Waals surface area contributed by atoms with Crippen LogP contribution in [0.25, 0.3) is 0 Å². The molecule has 82 valence electrons. The number of nitrogens with zero attached hydrogens (tertiary/aromatic N) is 2. The van der Waals surface area contributed by atoms with Crippen molar-refractivity contribution in [1.29, 1.82) is 0 Å². The molecule has 15 heavy (non-hydrogen) atoms. The second-order valence-corrected chi connectivity index (χ2v) is 2.71. The second-order valence-electron chi connectivity index (χ2n) is 2.71. The summed E-state index contributed by atoms with van der Waals surface area (Å²) in [6.45, 7) is 0.912. The van der Waals surface area contributed by atoms with E-state index in [1.807, 2.05) is 0 Å². The van der Waals surface area contributed by atoms with Gasteiger partial charge in [0.25, 0.3) is 0 Å². The molecular weight excluding hydrogens is 200 g/mol. The largest absolute Gasteiger partial charge is 0.476 e. The van der Waals surface area contributed by atoms with Crippen molar-refractivity contribution in [3.63, 3.8) is 0 Å². The van der Waals surface area contributed by atoms with E-state index in [-0.39, 0.29) is 11.6 Å². The lowest BCUT2D eigenvalue weighted by Gasteiger charge is -2.05. The van der Waals surface area contributed by atoms with Gasteiger partial charge in [0.2, 0.25) is 11.6 Å². The van der Waals surface area contributed by atoms with Crippen LogP contribution >= 0.6 is 0 Å². The maximum absolute atomic E-state index is 10.7. The number of ether oxygens (including phenoxy) is 2. The van der Waals surface area contributed by atoms with Crippen molar-refractivity contribution in [3.05, 3.63) is 18.1 Å². The monoisotopic (exact) mass is 212 g/mol. The molecule has 0 aromatic carbocycles. The van der Waals surface area contributed by atoms with Gasteiger partial charge in [-0.05, 0) is 0 Å². The average Bonchev–Trinajstić information content (AvgIpc) is 2.25. The fraction of sp³-hybridized carbons (Fsp3) is 0.444. The van der Waals surface area contributed by atoms with E-state index in [9.17, 15) is 4.79 Å². The summed E-state index contributed by atoms with van der Waals surface area (Å²) in [5.41, 5.74) is -0.171. The van der Waals surface area contributed by atoms with Crippen molar-refractivity contribution in [2.24, 2.45) is 0 Å². The van der Waals surface area contributed by atoms with E-state index in [0.29, 0.717) is 19.6 Å². The highest BCUT2D eigenvalue weighted by molar-refractivity contribution is 5.87. The molecule has 0 aliphatic heterocycles. The minimum atomic E-state index is -1.15. The van der Waals surface area contributed by atoms with Crippen LogP contribution in [-0.4, -0.2) is 41.4 Å². The van der Waals surface area contributed by atoms with Gasteiger partial charge >= 0.3 is 5.97 Å². The Morgan fingerprint density at radius 2 is 2.13 bits per heavy atom. The molecule has 6 heteroatoms. The number of methoxy groups -OCH3 is 1. The quantitative estimate of drug-likeness (QED) is 0.695. The maximum atomic E-state index is 10.7. The van der Waals surface area contributed by atoms with Crippen LogP contribution < -0.4 is 4.74 Å². The van der Waals surface area contributed by atoms with Crippen LogP contribution in [0.4, 0.5) is 0 Å². The first-order chi connectivity index (χ1) is 7.25. The van der Waals surface area contributed by atoms with Crippen molar-refractivity contribution in [2.45, 2.75) is 6.42 Å². The summed E-state index contributed by atoms with van der Waals surface area (Å²) in [7, 11) is 1.59. The number of carboxylic acids is 1. The Kier molecular flexibility index (Phi) is 4.49. The predicted molar refractivity (Wildman–Crippen MR) is 51.0 cm³/mol. The molecule has 1 heterocycles. The second kappa shape index (κ2) is 5.92. The van der Waals surface area contributed by atoms with Gasteiger partial charge in [0.05, 0.1) is 6.61 Å². The van der Waals surface area contributed by atoms with Crippen LogP contribution in [0.3, 0.4) is 0 Å². The number of hydrogen-bond acceptors (Lipinski definition) is 5. The third-order valence-corrected chi connectivity index (χ3v) is 1.60. The molecule has 1 N–H and O–H groups in total. The van der Waals surface area contributed by atoms with Gasteiger partial charge in [-0.15, -0.1) is 0 Å². The van der Waals surface area contributed by atoms with Crippen molar-refractivity contribution in [1.82, 2.24) is 9.97 Å². The fourth-order valence-electron chi connectivity index (χ4n) is 0.950. The van der Waals surface area contributed by atoms with Crippen LogP contribution in [-0.2, 0) is 4.74 Å². The van der Waals surface area contributed by atoms with Gasteiger partial charge in [0.1, 0.15) is 0 Å². The fourth-order valence-corrected chi connectivity index (χ4v) is 0.950. The molecule has 0 bridgehead atoms. The van der Waals surface area contributed by atoms with E-state index >= 15 is 0 Å². The number of aromatic carboxylic acids is 1. The smallest absolute Gasteiger partial charge is 0.360 e. The number of rotatable bonds is 6. The van der Waals surface area contributed by atoms with E-state index in [0.717, 1.165) is 0 Å². The Balaban J connectivity index is 2.56. The van der Waals surface area contributed by atoms with Crippen LogP contribution in [0.5, 0.6) is 5.88 Å². The standard InChI is InChI=1S/C9H12N2O4/c1-14-5-2-6-15-8-7(9(12)13)10-3-4-11-8/h3-4H,2,5-6H2,1H3,(H,12,13). The minimum absolute atomic E-state index is 0.0427. The molecule has 0 unspecified atom stereocenters. The summed E-state index contributed by atoms with van der Waals surface area (Å²) in [5.74, 6) is -1.11. The lowest BCUT2D eigenvalue weighted by atomic mass is 10.4. The van der Waals surface area contributed by atoms with Crippen LogP contribution in [0.1, 0.15) is 16.9 Å². The lowest BCUT2D eigenvalue weighted by Crippen LogP contribution is -2.09. The molecule has 1 rings (SSSR count). The Bertz CT molecular complexity index is 330. The highest BCUT2D eigenvalue weighted by Gasteiger charge is 2.13. The molecular formula is C9H12N2O4. The van der Waals surface area contributed by atoms with Gasteiger partial charge in [-0.3, -0.25) is 0 Å². The summed E-state index contributed by atoms with van der Waals surface area (Å²) in [5, 5.41) is 8.76. The normalized spacial score (nSPS) is 9.93. The number of aromatic nitrogens is 2. The van der Waals surface area contributed by atoms with E-state index in [2.05, 4.69) is 9.97 Å². The molecule has 0 saturated heterocycles. The molecule has 1 aromatic rings. The molecule has 0 fully saturated rings. The van der Waals surface area contributed by atoms with Gasteiger partial charge in [-0.25, -0.2) is 14.8 Å². The Morgan fingerprint density at radius 1 is 1.40 bits per heavy atom. The van der Waals surface area contributed by atoms with Crippen LogP contribution in [0.15, 0.2) is 12.4 Å². The summed E-state index contributed by atoms with van der Waals surface area (Å²) in [4.78, 5) is 18.2. The summed E-state index contributed by atoms with van der Waals surface area (Å²) in [6, 6.07) is 0. The molecule has 0 saturated carbocycles. The Hall–Kier alpha value is -1.69. The Morgan fingerprint density at radius 3 is 2.80 bits per heavy atom. The summed E-state index contributed by atoms with van der Waals surface area (Å²) < 4.78 is 9.99. The zero-order valence-corrected chi connectivity index (χ0v) is 8.34. The molecule has 0 amide bonds. The first kappa shape index (κ1) is 11.4. The number of carbonyl (C=O) groups is 1. The summed E-state index contributed by atoms with van der Waals surface area (Å²) >= 11 is 0. The molecule has 1 aromatic heterocycles. The van der Waals surface area contributed by atoms with E-state index in [4.69, 9.17) is 14.6 Å². The third-order valence-electron chi connectivity index (χ3n) is 1.60. The van der Waals surface area contributed by atoms with Gasteiger partial charge in [0.15, 0.2) is 0 Å². The van der Waals surface area contributed by atoms with E-state index < -0.39 is 5.97 Å². The zero-order chi connectivity index (χ0) is 11.1. The third kappa shape index (κ3) is 3.51. The summed E-state index contributed by atoms with van der Waals surface area (Å²) in [6.07, 6.45) is 3.37. The van der Waals surface area contributed by atoms with Gasteiger partial charge in [0, 0.05) is 32.5 Å². The molecule has 0 atom stereocenters. The minimum Gasteiger partial charge on any atom is -0.476 e. The van der Waals surface area contributed by atoms with E-state index in [1.54, 1.807) is 7.11 Å². The maximum Gasteiger partial charge on any atom is 0.360 e. The SMILES string of the molecule is COCCCOc1nccnc1C(=O)O. The number of hydrogen-bond donors (Lipinski definition) is 1. The topological polar surface area (TPSA) is 81.5 Å². The van der Waals surface area contributed by atoms with Crippen molar-refractivity contribution >= 4 is 5.97 Å². The molecule has 0 aliphatic rings. The molecule has 0 aliphatic carbocycles. The molecule has 0 radical (unpaired) electrons. The van der Waals surface area contributed by atoms with Gasteiger partial charge < -0.3 is 14.6 Å². The Labute approximate surface area is 86.9 Å². The number of carboxylic acid groups (broad SMARTS) is 1. The van der Waals surface area contributed by atoms with Gasteiger partial charge in [-0.2, -0.15) is 0 Å². The van der Waals surface area contributed by atoms with Crippen molar-refractivity contribution in [2.75, 3.05) is 20.3 Å². The van der Waals surface area contributed by atoms with E-state index in [1.165, 1.54) is 12.4 Å². The van der Waals surface area contributed by atoms with Crippen molar-refractivity contribution < 1.29 is 19.4 Å². The van der Waals surface area contributed by atoms with Crippen LogP contribution in [0.2, 0.25) is 0 Å². The molecule has 0 spiro atoms. The van der Waals surface area contributed by atoms with Gasteiger partial charge in [-0.1, -0.05) is 0 Å².